The fraction of sp³-hybridized carbons (Fsp3) is 0.321. The van der Waals surface area contributed by atoms with Gasteiger partial charge in [-0.05, 0) is 75.4 Å². The van der Waals surface area contributed by atoms with Crippen molar-refractivity contribution in [2.45, 2.75) is 56.1 Å². The van der Waals surface area contributed by atoms with Crippen molar-refractivity contribution in [1.29, 1.82) is 0 Å². The van der Waals surface area contributed by atoms with Gasteiger partial charge in [0.05, 0.1) is 22.3 Å². The molecule has 1 unspecified atom stereocenters. The van der Waals surface area contributed by atoms with E-state index in [9.17, 15) is 24.5 Å². The number of nitro groups is 1. The number of nitrogens with zero attached hydrogens (tertiary/aromatic N) is 1. The molecule has 2 amide bonds. The summed E-state index contributed by atoms with van der Waals surface area (Å²) >= 11 is 2.79. The maximum Gasteiger partial charge on any atom is 0.341 e. The van der Waals surface area contributed by atoms with Gasteiger partial charge in [-0.1, -0.05) is 12.5 Å². The van der Waals surface area contributed by atoms with E-state index in [2.05, 4.69) is 10.6 Å². The molecule has 0 saturated heterocycles. The molecule has 1 atom stereocenters. The number of nitrogens with one attached hydrogen (secondary N) is 2. The summed E-state index contributed by atoms with van der Waals surface area (Å²) < 4.78 is 5.31. The summed E-state index contributed by atoms with van der Waals surface area (Å²) in [5.74, 6) is -1.03. The van der Waals surface area contributed by atoms with Crippen LogP contribution in [0.4, 0.5) is 16.4 Å². The first-order valence-corrected chi connectivity index (χ1v) is 14.4. The van der Waals surface area contributed by atoms with Crippen LogP contribution >= 0.6 is 23.1 Å². The molecule has 0 bridgehead atoms. The number of carbonyl (C=O) groups is 3. The molecule has 0 fully saturated rings. The number of ether oxygens (including phenoxy) is 1. The van der Waals surface area contributed by atoms with E-state index in [4.69, 9.17) is 4.74 Å². The van der Waals surface area contributed by atoms with Crippen LogP contribution in [-0.2, 0) is 22.4 Å². The van der Waals surface area contributed by atoms with Gasteiger partial charge in [0.15, 0.2) is 0 Å². The lowest BCUT2D eigenvalue weighted by Gasteiger charge is -2.14. The van der Waals surface area contributed by atoms with E-state index in [1.807, 2.05) is 6.07 Å². The highest BCUT2D eigenvalue weighted by Crippen LogP contribution is 2.38. The number of fused-ring (bicyclic) bond motifs is 1. The van der Waals surface area contributed by atoms with Gasteiger partial charge in [-0.15, -0.1) is 23.1 Å². The van der Waals surface area contributed by atoms with E-state index in [0.717, 1.165) is 47.4 Å². The molecule has 1 aliphatic carbocycles. The lowest BCUT2D eigenvalue weighted by molar-refractivity contribution is -0.384. The predicted octanol–water partition coefficient (Wildman–Crippen LogP) is 6.47. The largest absolute Gasteiger partial charge is 0.462 e. The Balaban J connectivity index is 1.43. The smallest absolute Gasteiger partial charge is 0.341 e. The number of nitro benzene ring substituents is 1. The zero-order chi connectivity index (χ0) is 27.9. The number of rotatable bonds is 9. The van der Waals surface area contributed by atoms with Gasteiger partial charge in [0.25, 0.3) is 11.6 Å². The SMILES string of the molecule is CCOC(=O)c1c(NC(=O)C(C)Sc2cccc(NC(=O)c3ccc([N+](=O)[O-])cc3)c2)sc2c1CCCCC2. The lowest BCUT2D eigenvalue weighted by Crippen LogP contribution is -2.23. The van der Waals surface area contributed by atoms with Crippen molar-refractivity contribution in [3.8, 4) is 0 Å². The Kier molecular flexibility index (Phi) is 9.36. The average molecular weight is 568 g/mol. The van der Waals surface area contributed by atoms with E-state index >= 15 is 0 Å². The topological polar surface area (TPSA) is 128 Å². The van der Waals surface area contributed by atoms with Crippen LogP contribution in [0.15, 0.2) is 53.4 Å². The Labute approximate surface area is 234 Å². The number of non-ortho nitro benzene ring substituents is 1. The minimum absolute atomic E-state index is 0.0928. The Morgan fingerprint density at radius 1 is 1.08 bits per heavy atom. The highest BCUT2D eigenvalue weighted by atomic mass is 32.2. The number of thiophene rings is 1. The van der Waals surface area contributed by atoms with E-state index in [1.165, 1.54) is 47.4 Å². The first kappa shape index (κ1) is 28.3. The average Bonchev–Trinajstić information content (AvgIpc) is 3.08. The molecular formula is C28H29N3O6S2. The monoisotopic (exact) mass is 567 g/mol. The van der Waals surface area contributed by atoms with E-state index in [-0.39, 0.29) is 23.8 Å². The third-order valence-corrected chi connectivity index (χ3v) is 8.55. The number of benzene rings is 2. The number of anilines is 2. The van der Waals surface area contributed by atoms with Crippen molar-refractivity contribution >= 4 is 57.3 Å². The molecule has 2 N–H and O–H groups in total. The van der Waals surface area contributed by atoms with Gasteiger partial charge in [0.1, 0.15) is 5.00 Å². The van der Waals surface area contributed by atoms with Crippen LogP contribution in [0.1, 0.15) is 64.3 Å². The van der Waals surface area contributed by atoms with Gasteiger partial charge in [-0.2, -0.15) is 0 Å². The summed E-state index contributed by atoms with van der Waals surface area (Å²) in [6.07, 6.45) is 4.88. The van der Waals surface area contributed by atoms with Crippen molar-refractivity contribution in [3.63, 3.8) is 0 Å². The van der Waals surface area contributed by atoms with Gasteiger partial charge in [0, 0.05) is 33.2 Å². The number of thioether (sulfide) groups is 1. The van der Waals surface area contributed by atoms with Crippen LogP contribution in [0.3, 0.4) is 0 Å². The quantitative estimate of drug-likeness (QED) is 0.0997. The number of amides is 2. The van der Waals surface area contributed by atoms with Gasteiger partial charge in [0.2, 0.25) is 5.91 Å². The minimum atomic E-state index is -0.523. The molecule has 39 heavy (non-hydrogen) atoms. The van der Waals surface area contributed by atoms with Crippen molar-refractivity contribution in [3.05, 3.63) is 80.2 Å². The van der Waals surface area contributed by atoms with Crippen LogP contribution < -0.4 is 10.6 Å². The Morgan fingerprint density at radius 3 is 2.54 bits per heavy atom. The fourth-order valence-electron chi connectivity index (χ4n) is 4.31. The van der Waals surface area contributed by atoms with Crippen LogP contribution in [0.25, 0.3) is 0 Å². The molecule has 2 aromatic carbocycles. The number of hydrogen-bond donors (Lipinski definition) is 2. The second kappa shape index (κ2) is 12.9. The number of esters is 1. The van der Waals surface area contributed by atoms with Gasteiger partial charge in [-0.25, -0.2) is 4.79 Å². The second-order valence-corrected chi connectivity index (χ2v) is 11.5. The summed E-state index contributed by atoms with van der Waals surface area (Å²) in [6.45, 7) is 3.81. The molecule has 4 rings (SSSR count). The first-order chi connectivity index (χ1) is 18.8. The molecule has 0 spiro atoms. The zero-order valence-electron chi connectivity index (χ0n) is 21.7. The third kappa shape index (κ3) is 7.04. The summed E-state index contributed by atoms with van der Waals surface area (Å²) in [7, 11) is 0. The lowest BCUT2D eigenvalue weighted by atomic mass is 10.1. The predicted molar refractivity (Wildman–Crippen MR) is 153 cm³/mol. The molecule has 0 saturated carbocycles. The van der Waals surface area contributed by atoms with Gasteiger partial charge >= 0.3 is 5.97 Å². The molecule has 1 heterocycles. The second-order valence-electron chi connectivity index (χ2n) is 9.02. The van der Waals surface area contributed by atoms with Crippen LogP contribution in [0.2, 0.25) is 0 Å². The minimum Gasteiger partial charge on any atom is -0.462 e. The molecule has 0 radical (unpaired) electrons. The summed E-state index contributed by atoms with van der Waals surface area (Å²) in [5, 5.41) is 16.6. The van der Waals surface area contributed by atoms with Crippen LogP contribution in [0.5, 0.6) is 0 Å². The van der Waals surface area contributed by atoms with E-state index in [1.54, 1.807) is 32.0 Å². The summed E-state index contributed by atoms with van der Waals surface area (Å²) in [6, 6.07) is 12.4. The van der Waals surface area contributed by atoms with E-state index < -0.39 is 22.0 Å². The highest BCUT2D eigenvalue weighted by Gasteiger charge is 2.27. The normalized spacial score (nSPS) is 13.5. The Hall–Kier alpha value is -3.70. The van der Waals surface area contributed by atoms with Crippen molar-refractivity contribution in [1.82, 2.24) is 0 Å². The third-order valence-electron chi connectivity index (χ3n) is 6.25. The van der Waals surface area contributed by atoms with Crippen LogP contribution in [-0.4, -0.2) is 34.6 Å². The van der Waals surface area contributed by atoms with Crippen molar-refractivity contribution in [2.75, 3.05) is 17.2 Å². The number of carbonyl (C=O) groups excluding carboxylic acids is 3. The molecule has 1 aliphatic rings. The molecule has 11 heteroatoms. The maximum absolute atomic E-state index is 13.2. The van der Waals surface area contributed by atoms with Gasteiger partial charge < -0.3 is 15.4 Å². The Morgan fingerprint density at radius 2 is 1.82 bits per heavy atom. The summed E-state index contributed by atoms with van der Waals surface area (Å²) in [5.41, 5.74) is 2.22. The van der Waals surface area contributed by atoms with Gasteiger partial charge in [-0.3, -0.25) is 19.7 Å². The summed E-state index contributed by atoms with van der Waals surface area (Å²) in [4.78, 5) is 50.8. The zero-order valence-corrected chi connectivity index (χ0v) is 23.3. The molecular weight excluding hydrogens is 538 g/mol. The molecule has 3 aromatic rings. The standard InChI is InChI=1S/C28H29N3O6S2/c1-3-37-28(34)24-22-10-5-4-6-11-23(22)39-27(24)30-25(32)17(2)38-21-9-7-8-19(16-21)29-26(33)18-12-14-20(15-13-18)31(35)36/h7-9,12-17H,3-6,10-11H2,1-2H3,(H,29,33)(H,30,32). The number of aryl methyl sites for hydroxylation is 1. The Bertz CT molecular complexity index is 1390. The van der Waals surface area contributed by atoms with Crippen molar-refractivity contribution < 1.29 is 24.0 Å². The molecule has 9 nitrogen and oxygen atoms in total. The fourth-order valence-corrected chi connectivity index (χ4v) is 6.51. The van der Waals surface area contributed by atoms with Crippen LogP contribution in [0, 0.1) is 10.1 Å². The maximum atomic E-state index is 13.2. The molecule has 1 aromatic heterocycles. The molecule has 0 aliphatic heterocycles. The number of hydrogen-bond acceptors (Lipinski definition) is 8. The van der Waals surface area contributed by atoms with Crippen molar-refractivity contribution in [2.24, 2.45) is 0 Å². The highest BCUT2D eigenvalue weighted by molar-refractivity contribution is 8.00. The van der Waals surface area contributed by atoms with E-state index in [0.29, 0.717) is 16.3 Å². The first-order valence-electron chi connectivity index (χ1n) is 12.7. The molecule has 204 valence electrons.